The highest BCUT2D eigenvalue weighted by Crippen LogP contribution is 2.25. The SMILES string of the molecule is Cc1ccccc1C(N)c1cc(F)cc(Br)c1. The molecule has 2 rings (SSSR count). The van der Waals surface area contributed by atoms with Gasteiger partial charge in [-0.25, -0.2) is 4.39 Å². The second-order valence-electron chi connectivity index (χ2n) is 4.04. The lowest BCUT2D eigenvalue weighted by atomic mass is 9.96. The van der Waals surface area contributed by atoms with Crippen LogP contribution in [-0.4, -0.2) is 0 Å². The lowest BCUT2D eigenvalue weighted by Crippen LogP contribution is -2.13. The van der Waals surface area contributed by atoms with Crippen molar-refractivity contribution in [1.29, 1.82) is 0 Å². The third-order valence-electron chi connectivity index (χ3n) is 2.77. The molecule has 1 nitrogen and oxygen atoms in total. The van der Waals surface area contributed by atoms with Crippen LogP contribution < -0.4 is 5.73 Å². The van der Waals surface area contributed by atoms with Crippen molar-refractivity contribution in [3.63, 3.8) is 0 Å². The van der Waals surface area contributed by atoms with Gasteiger partial charge >= 0.3 is 0 Å². The number of halogens is 2. The molecule has 0 saturated carbocycles. The molecular formula is C14H13BrFN. The van der Waals surface area contributed by atoms with Crippen LogP contribution in [0.25, 0.3) is 0 Å². The smallest absolute Gasteiger partial charge is 0.124 e. The number of nitrogens with two attached hydrogens (primary N) is 1. The van der Waals surface area contributed by atoms with Crippen molar-refractivity contribution < 1.29 is 4.39 Å². The van der Waals surface area contributed by atoms with Crippen molar-refractivity contribution in [2.45, 2.75) is 13.0 Å². The average molecular weight is 294 g/mol. The van der Waals surface area contributed by atoms with Crippen molar-refractivity contribution in [1.82, 2.24) is 0 Å². The van der Waals surface area contributed by atoms with E-state index in [1.807, 2.05) is 37.3 Å². The molecule has 0 aliphatic rings. The van der Waals surface area contributed by atoms with Crippen molar-refractivity contribution in [3.8, 4) is 0 Å². The molecule has 1 unspecified atom stereocenters. The van der Waals surface area contributed by atoms with Gasteiger partial charge in [-0.2, -0.15) is 0 Å². The highest BCUT2D eigenvalue weighted by molar-refractivity contribution is 9.10. The quantitative estimate of drug-likeness (QED) is 0.892. The number of aryl methyl sites for hydroxylation is 1. The zero-order valence-corrected chi connectivity index (χ0v) is 11.0. The second-order valence-corrected chi connectivity index (χ2v) is 4.95. The molecule has 17 heavy (non-hydrogen) atoms. The molecule has 0 heterocycles. The standard InChI is InChI=1S/C14H13BrFN/c1-9-4-2-3-5-13(9)14(17)10-6-11(15)8-12(16)7-10/h2-8,14H,17H2,1H3. The summed E-state index contributed by atoms with van der Waals surface area (Å²) in [6.07, 6.45) is 0. The Morgan fingerprint density at radius 2 is 1.88 bits per heavy atom. The number of hydrogen-bond acceptors (Lipinski definition) is 1. The summed E-state index contributed by atoms with van der Waals surface area (Å²) in [4.78, 5) is 0. The van der Waals surface area contributed by atoms with Gasteiger partial charge in [0.25, 0.3) is 0 Å². The van der Waals surface area contributed by atoms with Gasteiger partial charge in [0.1, 0.15) is 5.82 Å². The van der Waals surface area contributed by atoms with Gasteiger partial charge in [0, 0.05) is 4.47 Å². The van der Waals surface area contributed by atoms with Crippen molar-refractivity contribution in [3.05, 3.63) is 69.4 Å². The van der Waals surface area contributed by atoms with Gasteiger partial charge in [-0.1, -0.05) is 40.2 Å². The number of rotatable bonds is 2. The Morgan fingerprint density at radius 3 is 2.53 bits per heavy atom. The van der Waals surface area contributed by atoms with Gasteiger partial charge in [-0.3, -0.25) is 0 Å². The minimum atomic E-state index is -0.303. The van der Waals surface area contributed by atoms with Crippen molar-refractivity contribution in [2.24, 2.45) is 5.73 Å². The van der Waals surface area contributed by atoms with Gasteiger partial charge in [0.05, 0.1) is 6.04 Å². The summed E-state index contributed by atoms with van der Waals surface area (Å²) in [5.41, 5.74) is 9.07. The molecule has 2 N–H and O–H groups in total. The summed E-state index contributed by atoms with van der Waals surface area (Å²) >= 11 is 3.28. The molecule has 2 aromatic rings. The molecule has 1 atom stereocenters. The Morgan fingerprint density at radius 1 is 1.18 bits per heavy atom. The van der Waals surface area contributed by atoms with E-state index >= 15 is 0 Å². The largest absolute Gasteiger partial charge is 0.320 e. The van der Waals surface area contributed by atoms with Gasteiger partial charge in [-0.05, 0) is 41.8 Å². The molecule has 0 fully saturated rings. The Hall–Kier alpha value is -1.19. The summed E-state index contributed by atoms with van der Waals surface area (Å²) in [5, 5.41) is 0. The zero-order chi connectivity index (χ0) is 12.4. The van der Waals surface area contributed by atoms with Crippen LogP contribution in [0.5, 0.6) is 0 Å². The first-order valence-corrected chi connectivity index (χ1v) is 6.14. The van der Waals surface area contributed by atoms with E-state index in [9.17, 15) is 4.39 Å². The maximum Gasteiger partial charge on any atom is 0.124 e. The van der Waals surface area contributed by atoms with Crippen LogP contribution in [-0.2, 0) is 0 Å². The molecule has 0 amide bonds. The normalized spacial score (nSPS) is 12.5. The lowest BCUT2D eigenvalue weighted by molar-refractivity contribution is 0.622. The predicted octanol–water partition coefficient (Wildman–Crippen LogP) is 3.94. The fraction of sp³-hybridized carbons (Fsp3) is 0.143. The summed E-state index contributed by atoms with van der Waals surface area (Å²) in [6, 6.07) is 12.3. The molecule has 0 aliphatic carbocycles. The maximum absolute atomic E-state index is 13.3. The number of benzene rings is 2. The first-order chi connectivity index (χ1) is 8.08. The molecule has 0 saturated heterocycles. The molecule has 88 valence electrons. The molecule has 0 radical (unpaired) electrons. The Bertz CT molecular complexity index is 519. The molecule has 0 bridgehead atoms. The van der Waals surface area contributed by atoms with E-state index in [0.29, 0.717) is 4.47 Å². The Labute approximate surface area is 109 Å². The van der Waals surface area contributed by atoms with E-state index in [1.165, 1.54) is 12.1 Å². The van der Waals surface area contributed by atoms with E-state index in [4.69, 9.17) is 5.73 Å². The van der Waals surface area contributed by atoms with Crippen LogP contribution in [0.2, 0.25) is 0 Å². The van der Waals surface area contributed by atoms with Crippen LogP contribution in [0.3, 0.4) is 0 Å². The topological polar surface area (TPSA) is 26.0 Å². The van der Waals surface area contributed by atoms with E-state index in [-0.39, 0.29) is 11.9 Å². The molecule has 0 aliphatic heterocycles. The van der Waals surface area contributed by atoms with Gasteiger partial charge in [0.2, 0.25) is 0 Å². The van der Waals surface area contributed by atoms with E-state index in [1.54, 1.807) is 0 Å². The number of hydrogen-bond donors (Lipinski definition) is 1. The molecule has 3 heteroatoms. The van der Waals surface area contributed by atoms with Crippen LogP contribution in [0, 0.1) is 12.7 Å². The van der Waals surface area contributed by atoms with Crippen LogP contribution in [0.4, 0.5) is 4.39 Å². The summed E-state index contributed by atoms with van der Waals surface area (Å²) < 4.78 is 14.0. The molecule has 2 aromatic carbocycles. The average Bonchev–Trinajstić information content (AvgIpc) is 2.27. The third kappa shape index (κ3) is 2.73. The summed E-state index contributed by atoms with van der Waals surface area (Å²) in [5.74, 6) is -0.279. The molecule has 0 aromatic heterocycles. The second kappa shape index (κ2) is 4.98. The molecular weight excluding hydrogens is 281 g/mol. The van der Waals surface area contributed by atoms with Gasteiger partial charge < -0.3 is 5.73 Å². The van der Waals surface area contributed by atoms with Crippen molar-refractivity contribution >= 4 is 15.9 Å². The first kappa shape index (κ1) is 12.3. The minimum absolute atomic E-state index is 0.279. The van der Waals surface area contributed by atoms with E-state index in [0.717, 1.165) is 16.7 Å². The van der Waals surface area contributed by atoms with Crippen LogP contribution >= 0.6 is 15.9 Å². The third-order valence-corrected chi connectivity index (χ3v) is 3.23. The highest BCUT2D eigenvalue weighted by Gasteiger charge is 2.12. The lowest BCUT2D eigenvalue weighted by Gasteiger charge is -2.15. The minimum Gasteiger partial charge on any atom is -0.320 e. The fourth-order valence-corrected chi connectivity index (χ4v) is 2.35. The monoisotopic (exact) mass is 293 g/mol. The van der Waals surface area contributed by atoms with E-state index < -0.39 is 0 Å². The van der Waals surface area contributed by atoms with Gasteiger partial charge in [-0.15, -0.1) is 0 Å². The van der Waals surface area contributed by atoms with Gasteiger partial charge in [0.15, 0.2) is 0 Å². The van der Waals surface area contributed by atoms with Crippen LogP contribution in [0.15, 0.2) is 46.9 Å². The Balaban J connectivity index is 2.43. The zero-order valence-electron chi connectivity index (χ0n) is 9.45. The first-order valence-electron chi connectivity index (χ1n) is 5.35. The highest BCUT2D eigenvalue weighted by atomic mass is 79.9. The fourth-order valence-electron chi connectivity index (χ4n) is 1.87. The van der Waals surface area contributed by atoms with Crippen LogP contribution in [0.1, 0.15) is 22.7 Å². The Kier molecular flexibility index (Phi) is 3.60. The maximum atomic E-state index is 13.3. The summed E-state index contributed by atoms with van der Waals surface area (Å²) in [6.45, 7) is 2.00. The predicted molar refractivity (Wildman–Crippen MR) is 71.3 cm³/mol. The summed E-state index contributed by atoms with van der Waals surface area (Å²) in [7, 11) is 0. The van der Waals surface area contributed by atoms with E-state index in [2.05, 4.69) is 15.9 Å². The molecule has 0 spiro atoms. The van der Waals surface area contributed by atoms with Crippen molar-refractivity contribution in [2.75, 3.05) is 0 Å².